The predicted molar refractivity (Wildman–Crippen MR) is 122 cm³/mol. The second-order valence-electron chi connectivity index (χ2n) is 6.77. The number of amides is 2. The molecule has 1 aromatic heterocycles. The largest absolute Gasteiger partial charge is 0.493 e. The third-order valence-electron chi connectivity index (χ3n) is 4.50. The van der Waals surface area contributed by atoms with E-state index in [1.807, 2.05) is 48.7 Å². The molecule has 2 aromatic carbocycles. The number of methoxy groups -OCH3 is 2. The minimum absolute atomic E-state index is 0.162. The van der Waals surface area contributed by atoms with Crippen molar-refractivity contribution in [1.82, 2.24) is 10.6 Å². The maximum Gasteiger partial charge on any atom is 0.268 e. The van der Waals surface area contributed by atoms with Crippen molar-refractivity contribution < 1.29 is 19.1 Å². The van der Waals surface area contributed by atoms with Gasteiger partial charge in [0.05, 0.1) is 14.2 Å². The van der Waals surface area contributed by atoms with Crippen LogP contribution in [0.1, 0.15) is 26.4 Å². The molecule has 0 unspecified atom stereocenters. The van der Waals surface area contributed by atoms with Crippen LogP contribution < -0.4 is 20.1 Å². The van der Waals surface area contributed by atoms with Gasteiger partial charge in [-0.1, -0.05) is 35.9 Å². The van der Waals surface area contributed by atoms with E-state index in [4.69, 9.17) is 9.47 Å². The van der Waals surface area contributed by atoms with Gasteiger partial charge in [-0.3, -0.25) is 9.59 Å². The van der Waals surface area contributed by atoms with E-state index in [1.165, 1.54) is 25.6 Å². The molecule has 0 aliphatic rings. The van der Waals surface area contributed by atoms with E-state index in [1.54, 1.807) is 24.3 Å². The van der Waals surface area contributed by atoms with Gasteiger partial charge in [0.2, 0.25) is 0 Å². The highest BCUT2D eigenvalue weighted by Crippen LogP contribution is 2.27. The van der Waals surface area contributed by atoms with Crippen molar-refractivity contribution in [2.24, 2.45) is 0 Å². The monoisotopic (exact) mass is 436 g/mol. The SMILES string of the molecule is COc1ccc(C(=O)N/C(=C\c2cccs2)C(=O)NCc2cccc(C)c2)cc1OC. The van der Waals surface area contributed by atoms with Crippen molar-refractivity contribution in [2.45, 2.75) is 13.5 Å². The molecular formula is C24H24N2O4S. The molecule has 0 saturated heterocycles. The summed E-state index contributed by atoms with van der Waals surface area (Å²) in [5.41, 5.74) is 2.61. The number of carbonyl (C=O) groups excluding carboxylic acids is 2. The molecule has 2 amide bonds. The van der Waals surface area contributed by atoms with E-state index < -0.39 is 5.91 Å². The van der Waals surface area contributed by atoms with Gasteiger partial charge in [-0.15, -0.1) is 11.3 Å². The van der Waals surface area contributed by atoms with Crippen LogP contribution in [0.5, 0.6) is 11.5 Å². The Kier molecular flexibility index (Phi) is 7.45. The molecule has 0 radical (unpaired) electrons. The van der Waals surface area contributed by atoms with Gasteiger partial charge in [0, 0.05) is 17.0 Å². The number of thiophene rings is 1. The quantitative estimate of drug-likeness (QED) is 0.520. The van der Waals surface area contributed by atoms with Crippen LogP contribution in [0.3, 0.4) is 0 Å². The molecule has 160 valence electrons. The van der Waals surface area contributed by atoms with Gasteiger partial charge < -0.3 is 20.1 Å². The third kappa shape index (κ3) is 5.96. The van der Waals surface area contributed by atoms with E-state index in [-0.39, 0.29) is 11.6 Å². The number of carbonyl (C=O) groups is 2. The molecule has 0 fully saturated rings. The van der Waals surface area contributed by atoms with Crippen LogP contribution in [-0.4, -0.2) is 26.0 Å². The van der Waals surface area contributed by atoms with Crippen molar-refractivity contribution >= 4 is 29.2 Å². The summed E-state index contributed by atoms with van der Waals surface area (Å²) in [4.78, 5) is 26.6. The zero-order valence-corrected chi connectivity index (χ0v) is 18.4. The van der Waals surface area contributed by atoms with Gasteiger partial charge in [-0.25, -0.2) is 0 Å². The van der Waals surface area contributed by atoms with Crippen LogP contribution in [0.15, 0.2) is 65.7 Å². The van der Waals surface area contributed by atoms with Gasteiger partial charge in [0.25, 0.3) is 11.8 Å². The number of aryl methyl sites for hydroxylation is 1. The van der Waals surface area contributed by atoms with Crippen molar-refractivity contribution in [3.63, 3.8) is 0 Å². The van der Waals surface area contributed by atoms with Crippen LogP contribution in [0, 0.1) is 6.92 Å². The molecule has 0 aliphatic heterocycles. The van der Waals surface area contributed by atoms with Gasteiger partial charge in [0.1, 0.15) is 5.70 Å². The second kappa shape index (κ2) is 10.4. The van der Waals surface area contributed by atoms with Crippen molar-refractivity contribution in [2.75, 3.05) is 14.2 Å². The molecule has 0 aliphatic carbocycles. The van der Waals surface area contributed by atoms with Crippen LogP contribution >= 0.6 is 11.3 Å². The highest BCUT2D eigenvalue weighted by molar-refractivity contribution is 7.10. The fourth-order valence-electron chi connectivity index (χ4n) is 2.95. The Morgan fingerprint density at radius 2 is 1.81 bits per heavy atom. The molecule has 3 rings (SSSR count). The van der Waals surface area contributed by atoms with Crippen molar-refractivity contribution in [1.29, 1.82) is 0 Å². The summed E-state index contributed by atoms with van der Waals surface area (Å²) in [5.74, 6) is 0.158. The number of benzene rings is 2. The Morgan fingerprint density at radius 1 is 1.00 bits per heavy atom. The molecule has 0 spiro atoms. The molecule has 1 heterocycles. The first-order chi connectivity index (χ1) is 15.0. The van der Waals surface area contributed by atoms with Crippen LogP contribution in [0.4, 0.5) is 0 Å². The zero-order chi connectivity index (χ0) is 22.2. The molecule has 2 N–H and O–H groups in total. The maximum absolute atomic E-state index is 12.9. The normalized spacial score (nSPS) is 11.0. The minimum atomic E-state index is -0.422. The number of hydrogen-bond donors (Lipinski definition) is 2. The average molecular weight is 437 g/mol. The maximum atomic E-state index is 12.9. The number of ether oxygens (including phenoxy) is 2. The first-order valence-corrected chi connectivity index (χ1v) is 10.5. The summed E-state index contributed by atoms with van der Waals surface area (Å²) in [6.07, 6.45) is 1.66. The summed E-state index contributed by atoms with van der Waals surface area (Å²) >= 11 is 1.47. The Labute approximate surface area is 185 Å². The lowest BCUT2D eigenvalue weighted by Gasteiger charge is -2.13. The Morgan fingerprint density at radius 3 is 2.48 bits per heavy atom. The van der Waals surface area contributed by atoms with Crippen LogP contribution in [0.2, 0.25) is 0 Å². The van der Waals surface area contributed by atoms with Crippen molar-refractivity contribution in [3.8, 4) is 11.5 Å². The molecule has 6 nitrogen and oxygen atoms in total. The molecule has 7 heteroatoms. The van der Waals surface area contributed by atoms with Gasteiger partial charge in [-0.2, -0.15) is 0 Å². The number of rotatable bonds is 8. The van der Waals surface area contributed by atoms with E-state index >= 15 is 0 Å². The second-order valence-corrected chi connectivity index (χ2v) is 7.75. The highest BCUT2D eigenvalue weighted by Gasteiger charge is 2.16. The standard InChI is InChI=1S/C24H24N2O4S/c1-16-6-4-7-17(12-16)15-25-24(28)20(14-19-8-5-11-31-19)26-23(27)18-9-10-21(29-2)22(13-18)30-3/h4-14H,15H2,1-3H3,(H,25,28)(H,26,27)/b20-14-. The minimum Gasteiger partial charge on any atom is -0.493 e. The fraction of sp³-hybridized carbons (Fsp3) is 0.167. The lowest BCUT2D eigenvalue weighted by molar-refractivity contribution is -0.117. The van der Waals surface area contributed by atoms with E-state index in [9.17, 15) is 9.59 Å². The van der Waals surface area contributed by atoms with Crippen molar-refractivity contribution in [3.05, 3.63) is 87.2 Å². The zero-order valence-electron chi connectivity index (χ0n) is 17.6. The van der Waals surface area contributed by atoms with Crippen LogP contribution in [-0.2, 0) is 11.3 Å². The topological polar surface area (TPSA) is 76.7 Å². The third-order valence-corrected chi connectivity index (χ3v) is 5.32. The number of hydrogen-bond acceptors (Lipinski definition) is 5. The lowest BCUT2D eigenvalue weighted by atomic mass is 10.1. The average Bonchev–Trinajstić information content (AvgIpc) is 3.29. The Bertz CT molecular complexity index is 1090. The molecule has 0 saturated carbocycles. The van der Waals surface area contributed by atoms with Crippen LogP contribution in [0.25, 0.3) is 6.08 Å². The smallest absolute Gasteiger partial charge is 0.268 e. The van der Waals surface area contributed by atoms with E-state index in [2.05, 4.69) is 10.6 Å². The molecular weight excluding hydrogens is 412 g/mol. The fourth-order valence-corrected chi connectivity index (χ4v) is 3.60. The summed E-state index contributed by atoms with van der Waals surface area (Å²) < 4.78 is 10.5. The predicted octanol–water partition coefficient (Wildman–Crippen LogP) is 4.16. The van der Waals surface area contributed by atoms with Gasteiger partial charge in [-0.05, 0) is 48.2 Å². The molecule has 0 atom stereocenters. The summed E-state index contributed by atoms with van der Waals surface area (Å²) in [6, 6.07) is 16.5. The summed E-state index contributed by atoms with van der Waals surface area (Å²) in [6.45, 7) is 2.35. The van der Waals surface area contributed by atoms with E-state index in [0.717, 1.165) is 16.0 Å². The van der Waals surface area contributed by atoms with Gasteiger partial charge >= 0.3 is 0 Å². The summed E-state index contributed by atoms with van der Waals surface area (Å²) in [7, 11) is 3.03. The summed E-state index contributed by atoms with van der Waals surface area (Å²) in [5, 5.41) is 7.51. The Balaban J connectivity index is 1.79. The number of nitrogens with one attached hydrogen (secondary N) is 2. The first-order valence-electron chi connectivity index (χ1n) is 9.62. The highest BCUT2D eigenvalue weighted by atomic mass is 32.1. The molecule has 31 heavy (non-hydrogen) atoms. The van der Waals surface area contributed by atoms with E-state index in [0.29, 0.717) is 23.6 Å². The van der Waals surface area contributed by atoms with Gasteiger partial charge in [0.15, 0.2) is 11.5 Å². The molecule has 3 aromatic rings. The Hall–Kier alpha value is -3.58. The first kappa shape index (κ1) is 22.1. The molecule has 0 bridgehead atoms. The lowest BCUT2D eigenvalue weighted by Crippen LogP contribution is -2.34.